The van der Waals surface area contributed by atoms with E-state index in [4.69, 9.17) is 0 Å². The first kappa shape index (κ1) is 15.7. The Morgan fingerprint density at radius 3 is 2.47 bits per heavy atom. The highest BCUT2D eigenvalue weighted by molar-refractivity contribution is 5.85. The molecule has 3 nitrogen and oxygen atoms in total. The highest BCUT2D eigenvalue weighted by atomic mass is 35.5. The van der Waals surface area contributed by atoms with E-state index in [1.54, 1.807) is 6.08 Å². The van der Waals surface area contributed by atoms with Gasteiger partial charge in [-0.25, -0.2) is 4.79 Å². The van der Waals surface area contributed by atoms with Gasteiger partial charge in [0.2, 0.25) is 0 Å². The number of likely N-dealkylation sites (tertiary alicyclic amines) is 1. The van der Waals surface area contributed by atoms with E-state index in [0.717, 1.165) is 32.5 Å². The van der Waals surface area contributed by atoms with Gasteiger partial charge in [-0.05, 0) is 18.4 Å². The third kappa shape index (κ3) is 5.05. The number of carbonyl (C=O) groups is 1. The Kier molecular flexibility index (Phi) is 6.60. The van der Waals surface area contributed by atoms with Crippen LogP contribution in [-0.2, 0) is 16.1 Å². The van der Waals surface area contributed by atoms with Crippen molar-refractivity contribution in [1.82, 2.24) is 4.90 Å². The molecule has 1 aliphatic rings. The van der Waals surface area contributed by atoms with Crippen LogP contribution in [-0.4, -0.2) is 31.1 Å². The lowest BCUT2D eigenvalue weighted by molar-refractivity contribution is -0.134. The zero-order valence-corrected chi connectivity index (χ0v) is 12.0. The predicted octanol–water partition coefficient (Wildman–Crippen LogP) is 2.80. The Labute approximate surface area is 120 Å². The van der Waals surface area contributed by atoms with E-state index in [1.807, 2.05) is 6.07 Å². The molecule has 0 saturated carbocycles. The summed E-state index contributed by atoms with van der Waals surface area (Å²) in [6.07, 6.45) is 3.56. The number of esters is 1. The number of benzene rings is 1. The second kappa shape index (κ2) is 7.97. The van der Waals surface area contributed by atoms with Gasteiger partial charge in [-0.15, -0.1) is 12.4 Å². The van der Waals surface area contributed by atoms with Crippen molar-refractivity contribution in [3.63, 3.8) is 0 Å². The normalized spacial score (nSPS) is 15.5. The van der Waals surface area contributed by atoms with Crippen molar-refractivity contribution in [2.24, 2.45) is 0 Å². The largest absolute Gasteiger partial charge is 0.466 e. The van der Waals surface area contributed by atoms with E-state index < -0.39 is 0 Å². The van der Waals surface area contributed by atoms with Gasteiger partial charge in [-0.3, -0.25) is 4.90 Å². The molecule has 19 heavy (non-hydrogen) atoms. The average molecular weight is 282 g/mol. The molecule has 104 valence electrons. The molecule has 1 aromatic rings. The van der Waals surface area contributed by atoms with E-state index in [0.29, 0.717) is 0 Å². The van der Waals surface area contributed by atoms with Crippen molar-refractivity contribution < 1.29 is 9.53 Å². The van der Waals surface area contributed by atoms with Gasteiger partial charge >= 0.3 is 5.97 Å². The number of hydrogen-bond acceptors (Lipinski definition) is 3. The lowest BCUT2D eigenvalue weighted by Crippen LogP contribution is -2.30. The number of piperidine rings is 1. The maximum Gasteiger partial charge on any atom is 0.330 e. The third-order valence-corrected chi connectivity index (χ3v) is 3.27. The molecule has 0 bridgehead atoms. The minimum atomic E-state index is -0.235. The molecule has 1 fully saturated rings. The fraction of sp³-hybridized carbons (Fsp3) is 0.400. The summed E-state index contributed by atoms with van der Waals surface area (Å²) in [5.74, 6) is -0.235. The van der Waals surface area contributed by atoms with E-state index in [9.17, 15) is 4.79 Å². The van der Waals surface area contributed by atoms with Crippen LogP contribution in [0.1, 0.15) is 18.4 Å². The summed E-state index contributed by atoms with van der Waals surface area (Å²) in [5, 5.41) is 0. The van der Waals surface area contributed by atoms with Crippen molar-refractivity contribution in [1.29, 1.82) is 0 Å². The Bertz CT molecular complexity index is 421. The predicted molar refractivity (Wildman–Crippen MR) is 78.3 cm³/mol. The topological polar surface area (TPSA) is 29.5 Å². The van der Waals surface area contributed by atoms with Crippen LogP contribution in [0, 0.1) is 0 Å². The standard InChI is InChI=1S/C15H19NO2.ClH/c1-18-15(17)11-13-7-9-16(10-8-13)12-14-5-3-2-4-6-14;/h2-6,11H,7-10,12H2,1H3;1H. The fourth-order valence-corrected chi connectivity index (χ4v) is 2.21. The zero-order valence-electron chi connectivity index (χ0n) is 11.2. The molecule has 1 aromatic carbocycles. The summed E-state index contributed by atoms with van der Waals surface area (Å²) in [7, 11) is 1.42. The maximum atomic E-state index is 11.1. The van der Waals surface area contributed by atoms with Crippen LogP contribution >= 0.6 is 12.4 Å². The monoisotopic (exact) mass is 281 g/mol. The van der Waals surface area contributed by atoms with Gasteiger partial charge in [0.25, 0.3) is 0 Å². The highest BCUT2D eigenvalue weighted by Gasteiger charge is 2.14. The number of rotatable bonds is 3. The van der Waals surface area contributed by atoms with Gasteiger partial charge in [-0.1, -0.05) is 35.9 Å². The Morgan fingerprint density at radius 2 is 1.89 bits per heavy atom. The highest BCUT2D eigenvalue weighted by Crippen LogP contribution is 2.18. The molecule has 0 atom stereocenters. The van der Waals surface area contributed by atoms with Crippen LogP contribution in [0.25, 0.3) is 0 Å². The van der Waals surface area contributed by atoms with Gasteiger partial charge in [-0.2, -0.15) is 0 Å². The van der Waals surface area contributed by atoms with Gasteiger partial charge in [0.1, 0.15) is 0 Å². The molecule has 0 spiro atoms. The molecular formula is C15H20ClNO2. The molecular weight excluding hydrogens is 262 g/mol. The number of halogens is 1. The molecule has 0 amide bonds. The molecule has 0 N–H and O–H groups in total. The van der Waals surface area contributed by atoms with Crippen molar-refractivity contribution in [3.05, 3.63) is 47.5 Å². The van der Waals surface area contributed by atoms with Crippen LogP contribution in [0.5, 0.6) is 0 Å². The molecule has 0 aromatic heterocycles. The van der Waals surface area contributed by atoms with E-state index >= 15 is 0 Å². The minimum Gasteiger partial charge on any atom is -0.466 e. The molecule has 2 rings (SSSR count). The van der Waals surface area contributed by atoms with Crippen LogP contribution < -0.4 is 0 Å². The molecule has 0 radical (unpaired) electrons. The van der Waals surface area contributed by atoms with Crippen LogP contribution in [0.4, 0.5) is 0 Å². The van der Waals surface area contributed by atoms with Crippen molar-refractivity contribution >= 4 is 18.4 Å². The number of nitrogens with zero attached hydrogens (tertiary/aromatic N) is 1. The van der Waals surface area contributed by atoms with E-state index in [1.165, 1.54) is 18.2 Å². The quantitative estimate of drug-likeness (QED) is 0.630. The van der Waals surface area contributed by atoms with E-state index in [-0.39, 0.29) is 18.4 Å². The molecule has 4 heteroatoms. The Balaban J connectivity index is 0.00000180. The second-order valence-corrected chi connectivity index (χ2v) is 4.59. The van der Waals surface area contributed by atoms with Gasteiger partial charge < -0.3 is 4.74 Å². The van der Waals surface area contributed by atoms with Crippen molar-refractivity contribution in [3.8, 4) is 0 Å². The summed E-state index contributed by atoms with van der Waals surface area (Å²) >= 11 is 0. The molecule has 0 unspecified atom stereocenters. The lowest BCUT2D eigenvalue weighted by atomic mass is 10.0. The van der Waals surface area contributed by atoms with Gasteiger partial charge in [0.05, 0.1) is 7.11 Å². The summed E-state index contributed by atoms with van der Waals surface area (Å²) in [6, 6.07) is 10.5. The minimum absolute atomic E-state index is 0. The first-order valence-electron chi connectivity index (χ1n) is 6.31. The zero-order chi connectivity index (χ0) is 12.8. The summed E-state index contributed by atoms with van der Waals surface area (Å²) < 4.78 is 4.65. The van der Waals surface area contributed by atoms with Crippen LogP contribution in [0.15, 0.2) is 42.0 Å². The summed E-state index contributed by atoms with van der Waals surface area (Å²) in [4.78, 5) is 13.6. The first-order chi connectivity index (χ1) is 8.78. The average Bonchev–Trinajstić information content (AvgIpc) is 2.42. The number of hydrogen-bond donors (Lipinski definition) is 0. The molecule has 1 saturated heterocycles. The summed E-state index contributed by atoms with van der Waals surface area (Å²) in [6.45, 7) is 3.02. The summed E-state index contributed by atoms with van der Waals surface area (Å²) in [5.41, 5.74) is 2.55. The van der Waals surface area contributed by atoms with E-state index in [2.05, 4.69) is 33.9 Å². The Morgan fingerprint density at radius 1 is 1.26 bits per heavy atom. The molecule has 0 aliphatic carbocycles. The first-order valence-corrected chi connectivity index (χ1v) is 6.31. The van der Waals surface area contributed by atoms with Crippen molar-refractivity contribution in [2.45, 2.75) is 19.4 Å². The van der Waals surface area contributed by atoms with Crippen LogP contribution in [0.2, 0.25) is 0 Å². The maximum absolute atomic E-state index is 11.1. The van der Waals surface area contributed by atoms with Gasteiger partial charge in [0, 0.05) is 25.7 Å². The van der Waals surface area contributed by atoms with Gasteiger partial charge in [0.15, 0.2) is 0 Å². The number of carbonyl (C=O) groups excluding carboxylic acids is 1. The molecule has 1 aliphatic heterocycles. The third-order valence-electron chi connectivity index (χ3n) is 3.27. The number of ether oxygens (including phenoxy) is 1. The number of methoxy groups -OCH3 is 1. The fourth-order valence-electron chi connectivity index (χ4n) is 2.21. The smallest absolute Gasteiger partial charge is 0.330 e. The molecule has 1 heterocycles. The van der Waals surface area contributed by atoms with Crippen molar-refractivity contribution in [2.75, 3.05) is 20.2 Å². The Hall–Kier alpha value is -1.32. The van der Waals surface area contributed by atoms with Crippen LogP contribution in [0.3, 0.4) is 0 Å². The SMILES string of the molecule is COC(=O)C=C1CCN(Cc2ccccc2)CC1.Cl. The second-order valence-electron chi connectivity index (χ2n) is 4.59. The lowest BCUT2D eigenvalue weighted by Gasteiger charge is -2.28.